The largest absolute Gasteiger partial charge is 2.00 e. The molecule has 16 heavy (non-hydrogen) atoms. The zero-order valence-electron chi connectivity index (χ0n) is 11.9. The quantitative estimate of drug-likeness (QED) is 0.424. The fourth-order valence-corrected chi connectivity index (χ4v) is 2.51. The van der Waals surface area contributed by atoms with E-state index in [9.17, 15) is 0 Å². The summed E-state index contributed by atoms with van der Waals surface area (Å²) in [4.78, 5) is 0. The standard InChI is InChI=1S/C8H16.C5H10.2CH3.Fe/c1-7(2)8-5-3-4-6-8;1-2-4-5-3-1;;;/h7-8H,3-6H2,1-2H3;1-5H2;2*1H3;/q;;2*-1;+2. The van der Waals surface area contributed by atoms with Crippen LogP contribution in [0.2, 0.25) is 0 Å². The summed E-state index contributed by atoms with van der Waals surface area (Å²) in [5.41, 5.74) is 0. The second-order valence-electron chi connectivity index (χ2n) is 5.06. The Bertz CT molecular complexity index is 103. The first-order valence-corrected chi connectivity index (χ1v) is 6.30. The van der Waals surface area contributed by atoms with Crippen LogP contribution in [0.5, 0.6) is 0 Å². The van der Waals surface area contributed by atoms with Crippen molar-refractivity contribution in [2.45, 2.75) is 71.6 Å². The molecule has 0 nitrogen and oxygen atoms in total. The topological polar surface area (TPSA) is 0 Å². The molecule has 0 aromatic heterocycles. The molecular formula is C15H32Fe. The third kappa shape index (κ3) is 9.72. The van der Waals surface area contributed by atoms with Crippen molar-refractivity contribution in [2.75, 3.05) is 0 Å². The van der Waals surface area contributed by atoms with Crippen LogP contribution < -0.4 is 0 Å². The molecule has 0 saturated heterocycles. The minimum Gasteiger partial charge on any atom is -0.358 e. The molecule has 0 heterocycles. The van der Waals surface area contributed by atoms with Crippen LogP contribution in [0.3, 0.4) is 0 Å². The van der Waals surface area contributed by atoms with Crippen LogP contribution in [-0.2, 0) is 17.1 Å². The van der Waals surface area contributed by atoms with E-state index in [1.165, 1.54) is 57.8 Å². The molecule has 0 aromatic carbocycles. The summed E-state index contributed by atoms with van der Waals surface area (Å²) in [6, 6.07) is 0. The maximum Gasteiger partial charge on any atom is 2.00 e. The maximum absolute atomic E-state index is 2.34. The fourth-order valence-electron chi connectivity index (χ4n) is 2.51. The van der Waals surface area contributed by atoms with Gasteiger partial charge in [0.05, 0.1) is 0 Å². The first-order chi connectivity index (χ1) is 6.30. The molecule has 2 saturated carbocycles. The van der Waals surface area contributed by atoms with Gasteiger partial charge in [-0.25, -0.2) is 0 Å². The fraction of sp³-hybridized carbons (Fsp3) is 0.867. The smallest absolute Gasteiger partial charge is 0.358 e. The molecule has 2 aliphatic rings. The maximum atomic E-state index is 2.34. The summed E-state index contributed by atoms with van der Waals surface area (Å²) < 4.78 is 0. The van der Waals surface area contributed by atoms with Gasteiger partial charge in [-0.15, -0.1) is 0 Å². The van der Waals surface area contributed by atoms with Gasteiger partial charge in [0.2, 0.25) is 0 Å². The number of hydrogen-bond donors (Lipinski definition) is 0. The van der Waals surface area contributed by atoms with Gasteiger partial charge in [0, 0.05) is 0 Å². The average molecular weight is 268 g/mol. The second kappa shape index (κ2) is 13.6. The molecule has 0 bridgehead atoms. The molecule has 0 radical (unpaired) electrons. The van der Waals surface area contributed by atoms with Crippen LogP contribution in [0, 0.1) is 26.7 Å². The Labute approximate surface area is 115 Å². The summed E-state index contributed by atoms with van der Waals surface area (Å²) in [7, 11) is 0. The van der Waals surface area contributed by atoms with Crippen molar-refractivity contribution in [1.82, 2.24) is 0 Å². The second-order valence-corrected chi connectivity index (χ2v) is 5.06. The molecule has 2 fully saturated rings. The SMILES string of the molecule is C1CCCC1.CC(C)C1CCCC1.[CH3-].[CH3-].[Fe+2]. The first-order valence-electron chi connectivity index (χ1n) is 6.30. The Kier molecular flexibility index (Phi) is 18.5. The van der Waals surface area contributed by atoms with Crippen LogP contribution in [0.1, 0.15) is 71.6 Å². The molecule has 1 heteroatoms. The summed E-state index contributed by atoms with van der Waals surface area (Å²) in [5.74, 6) is 2.01. The zero-order chi connectivity index (χ0) is 9.52. The van der Waals surface area contributed by atoms with Gasteiger partial charge >= 0.3 is 17.1 Å². The van der Waals surface area contributed by atoms with Crippen LogP contribution >= 0.6 is 0 Å². The molecular weight excluding hydrogens is 236 g/mol. The van der Waals surface area contributed by atoms with E-state index >= 15 is 0 Å². The molecule has 2 rings (SSSR count). The van der Waals surface area contributed by atoms with Crippen LogP contribution in [0.15, 0.2) is 0 Å². The van der Waals surface area contributed by atoms with Crippen molar-refractivity contribution >= 4 is 0 Å². The van der Waals surface area contributed by atoms with Crippen LogP contribution in [0.4, 0.5) is 0 Å². The summed E-state index contributed by atoms with van der Waals surface area (Å²) in [6.07, 6.45) is 13.5. The van der Waals surface area contributed by atoms with Gasteiger partial charge in [0.25, 0.3) is 0 Å². The van der Waals surface area contributed by atoms with Crippen molar-refractivity contribution in [3.8, 4) is 0 Å². The summed E-state index contributed by atoms with van der Waals surface area (Å²) in [5, 5.41) is 0. The van der Waals surface area contributed by atoms with E-state index in [2.05, 4.69) is 13.8 Å². The van der Waals surface area contributed by atoms with Crippen molar-refractivity contribution < 1.29 is 17.1 Å². The molecule has 0 amide bonds. The average Bonchev–Trinajstić information content (AvgIpc) is 2.82. The Morgan fingerprint density at radius 2 is 1.00 bits per heavy atom. The molecule has 0 aromatic rings. The van der Waals surface area contributed by atoms with Gasteiger partial charge < -0.3 is 14.9 Å². The predicted octanol–water partition coefficient (Wildman–Crippen LogP) is 5.68. The monoisotopic (exact) mass is 268 g/mol. The van der Waals surface area contributed by atoms with E-state index in [0.29, 0.717) is 0 Å². The Hall–Kier alpha value is 0.519. The van der Waals surface area contributed by atoms with E-state index in [1.807, 2.05) is 0 Å². The summed E-state index contributed by atoms with van der Waals surface area (Å²) >= 11 is 0. The molecule has 0 spiro atoms. The van der Waals surface area contributed by atoms with Crippen LogP contribution in [-0.4, -0.2) is 0 Å². The predicted molar refractivity (Wildman–Crippen MR) is 72.7 cm³/mol. The van der Waals surface area contributed by atoms with Crippen molar-refractivity contribution in [1.29, 1.82) is 0 Å². The van der Waals surface area contributed by atoms with Crippen molar-refractivity contribution in [3.05, 3.63) is 14.9 Å². The zero-order valence-corrected chi connectivity index (χ0v) is 13.0. The minimum absolute atomic E-state index is 0. The first kappa shape index (κ1) is 21.8. The Balaban J connectivity index is -0.000000189. The van der Waals surface area contributed by atoms with E-state index in [0.717, 1.165) is 11.8 Å². The molecule has 0 aliphatic heterocycles. The minimum atomic E-state index is 0. The van der Waals surface area contributed by atoms with Gasteiger partial charge in [-0.05, 0) is 11.8 Å². The molecule has 100 valence electrons. The Morgan fingerprint density at radius 1 is 0.688 bits per heavy atom. The van der Waals surface area contributed by atoms with Gasteiger partial charge in [0.15, 0.2) is 0 Å². The normalized spacial score (nSPS) is 18.9. The van der Waals surface area contributed by atoms with Gasteiger partial charge in [-0.3, -0.25) is 0 Å². The third-order valence-electron chi connectivity index (χ3n) is 3.59. The molecule has 0 unspecified atom stereocenters. The van der Waals surface area contributed by atoms with Crippen molar-refractivity contribution in [2.24, 2.45) is 11.8 Å². The molecule has 0 N–H and O–H groups in total. The van der Waals surface area contributed by atoms with E-state index in [4.69, 9.17) is 0 Å². The number of rotatable bonds is 1. The van der Waals surface area contributed by atoms with Crippen molar-refractivity contribution in [3.63, 3.8) is 0 Å². The van der Waals surface area contributed by atoms with E-state index in [1.54, 1.807) is 0 Å². The Morgan fingerprint density at radius 3 is 1.19 bits per heavy atom. The summed E-state index contributed by atoms with van der Waals surface area (Å²) in [6.45, 7) is 4.69. The van der Waals surface area contributed by atoms with Gasteiger partial charge in [-0.1, -0.05) is 71.6 Å². The van der Waals surface area contributed by atoms with Crippen LogP contribution in [0.25, 0.3) is 0 Å². The van der Waals surface area contributed by atoms with E-state index < -0.39 is 0 Å². The number of hydrogen-bond acceptors (Lipinski definition) is 0. The van der Waals surface area contributed by atoms with Gasteiger partial charge in [0.1, 0.15) is 0 Å². The molecule has 0 atom stereocenters. The third-order valence-corrected chi connectivity index (χ3v) is 3.59. The van der Waals surface area contributed by atoms with Gasteiger partial charge in [-0.2, -0.15) is 0 Å². The van der Waals surface area contributed by atoms with E-state index in [-0.39, 0.29) is 31.9 Å². The molecule has 2 aliphatic carbocycles.